The molecule has 0 aliphatic heterocycles. The molecule has 0 spiro atoms. The summed E-state index contributed by atoms with van der Waals surface area (Å²) in [4.78, 5) is 14.5. The summed E-state index contributed by atoms with van der Waals surface area (Å²) in [7, 11) is 4.09. The van der Waals surface area contributed by atoms with Crippen LogP contribution in [0.5, 0.6) is 6.01 Å². The van der Waals surface area contributed by atoms with Crippen LogP contribution >= 0.6 is 11.6 Å². The lowest BCUT2D eigenvalue weighted by molar-refractivity contribution is 0.221. The van der Waals surface area contributed by atoms with Crippen molar-refractivity contribution in [2.24, 2.45) is 5.92 Å². The molecule has 0 aliphatic carbocycles. The van der Waals surface area contributed by atoms with Gasteiger partial charge in [-0.2, -0.15) is 15.0 Å². The van der Waals surface area contributed by atoms with Crippen molar-refractivity contribution in [3.8, 4) is 6.01 Å². The van der Waals surface area contributed by atoms with Crippen LogP contribution in [0.4, 0.5) is 5.95 Å². The fraction of sp³-hybridized carbons (Fsp3) is 0.786. The summed E-state index contributed by atoms with van der Waals surface area (Å²) in [6.07, 6.45) is 1.01. The molecule has 0 saturated carbocycles. The van der Waals surface area contributed by atoms with Gasteiger partial charge in [-0.1, -0.05) is 13.8 Å². The molecule has 1 N–H and O–H groups in total. The quantitative estimate of drug-likeness (QED) is 0.796. The van der Waals surface area contributed by atoms with E-state index in [1.54, 1.807) is 0 Å². The van der Waals surface area contributed by atoms with Gasteiger partial charge in [-0.3, -0.25) is 0 Å². The highest BCUT2D eigenvalue weighted by molar-refractivity contribution is 6.28. The highest BCUT2D eigenvalue weighted by Gasteiger charge is 2.15. The summed E-state index contributed by atoms with van der Waals surface area (Å²) >= 11 is 5.94. The maximum Gasteiger partial charge on any atom is 0.322 e. The number of likely N-dealkylation sites (N-methyl/N-ethyl adjacent to an activating group) is 1. The number of nitrogens with zero attached hydrogens (tertiary/aromatic N) is 4. The van der Waals surface area contributed by atoms with Crippen LogP contribution in [0.2, 0.25) is 5.28 Å². The first-order valence-corrected chi connectivity index (χ1v) is 7.63. The first-order chi connectivity index (χ1) is 9.76. The molecule has 0 amide bonds. The van der Waals surface area contributed by atoms with Gasteiger partial charge in [-0.05, 0) is 51.9 Å². The average molecular weight is 316 g/mol. The number of anilines is 1. The Labute approximate surface area is 132 Å². The molecule has 0 aliphatic rings. The number of halogens is 1. The van der Waals surface area contributed by atoms with Gasteiger partial charge in [-0.15, -0.1) is 0 Å². The second-order valence-corrected chi connectivity index (χ2v) is 6.45. The third-order valence-electron chi connectivity index (χ3n) is 2.60. The Morgan fingerprint density at radius 2 is 1.81 bits per heavy atom. The van der Waals surface area contributed by atoms with Crippen molar-refractivity contribution in [2.75, 3.05) is 26.0 Å². The number of aromatic nitrogens is 3. The number of nitrogens with one attached hydrogen (secondary N) is 1. The van der Waals surface area contributed by atoms with Crippen LogP contribution in [0.3, 0.4) is 0 Å². The number of hydrogen-bond acceptors (Lipinski definition) is 6. The summed E-state index contributed by atoms with van der Waals surface area (Å²) in [5.74, 6) is 1.03. The smallest absolute Gasteiger partial charge is 0.322 e. The maximum atomic E-state index is 5.94. The molecular formula is C14H26ClN5O. The topological polar surface area (TPSA) is 63.2 Å². The molecule has 120 valence electrons. The van der Waals surface area contributed by atoms with Crippen LogP contribution in [0.15, 0.2) is 0 Å². The Balaban J connectivity index is 2.84. The highest BCUT2D eigenvalue weighted by atomic mass is 35.5. The SMILES string of the molecule is CC(C)CC(CN(C)C)Nc1nc(Cl)nc(OC(C)C)n1. The van der Waals surface area contributed by atoms with Crippen molar-refractivity contribution in [3.63, 3.8) is 0 Å². The zero-order valence-corrected chi connectivity index (χ0v) is 14.5. The van der Waals surface area contributed by atoms with E-state index in [1.807, 2.05) is 27.9 Å². The van der Waals surface area contributed by atoms with E-state index in [1.165, 1.54) is 0 Å². The van der Waals surface area contributed by atoms with Gasteiger partial charge in [0.1, 0.15) is 0 Å². The van der Waals surface area contributed by atoms with Crippen molar-refractivity contribution in [1.29, 1.82) is 0 Å². The average Bonchev–Trinajstić information content (AvgIpc) is 2.24. The molecule has 21 heavy (non-hydrogen) atoms. The van der Waals surface area contributed by atoms with Gasteiger partial charge in [0.15, 0.2) is 0 Å². The Morgan fingerprint density at radius 1 is 1.14 bits per heavy atom. The minimum absolute atomic E-state index is 0.00967. The van der Waals surface area contributed by atoms with Gasteiger partial charge >= 0.3 is 6.01 Å². The first kappa shape index (κ1) is 17.9. The molecule has 6 nitrogen and oxygen atoms in total. The monoisotopic (exact) mass is 315 g/mol. The molecule has 1 rings (SSSR count). The van der Waals surface area contributed by atoms with Gasteiger partial charge in [0, 0.05) is 12.6 Å². The molecule has 0 bridgehead atoms. The van der Waals surface area contributed by atoms with Crippen LogP contribution in [0.1, 0.15) is 34.1 Å². The van der Waals surface area contributed by atoms with Crippen LogP contribution in [-0.4, -0.2) is 52.6 Å². The molecule has 1 aromatic heterocycles. The predicted octanol–water partition coefficient (Wildman–Crippen LogP) is 2.70. The molecule has 0 saturated heterocycles. The standard InChI is InChI=1S/C14H26ClN5O/c1-9(2)7-11(8-20(5)6)16-13-17-12(15)18-14(19-13)21-10(3)4/h9-11H,7-8H2,1-6H3,(H,16,17,18,19). The van der Waals surface area contributed by atoms with E-state index >= 15 is 0 Å². The summed E-state index contributed by atoms with van der Waals surface area (Å²) in [6, 6.07) is 0.492. The van der Waals surface area contributed by atoms with E-state index in [0.717, 1.165) is 13.0 Å². The zero-order valence-electron chi connectivity index (χ0n) is 13.7. The normalized spacial score (nSPS) is 13.0. The number of ether oxygens (including phenoxy) is 1. The molecule has 1 unspecified atom stereocenters. The van der Waals surface area contributed by atoms with E-state index in [2.05, 4.69) is 39.0 Å². The fourth-order valence-electron chi connectivity index (χ4n) is 2.03. The van der Waals surface area contributed by atoms with Crippen molar-refractivity contribution in [1.82, 2.24) is 19.9 Å². The Morgan fingerprint density at radius 3 is 2.33 bits per heavy atom. The summed E-state index contributed by atoms with van der Waals surface area (Å²) < 4.78 is 5.48. The highest BCUT2D eigenvalue weighted by Crippen LogP contribution is 2.15. The summed E-state index contributed by atoms with van der Waals surface area (Å²) in [6.45, 7) is 9.11. The van der Waals surface area contributed by atoms with Crippen molar-refractivity contribution in [2.45, 2.75) is 46.3 Å². The molecule has 1 heterocycles. The van der Waals surface area contributed by atoms with Gasteiger partial charge in [0.25, 0.3) is 0 Å². The molecular weight excluding hydrogens is 290 g/mol. The lowest BCUT2D eigenvalue weighted by Gasteiger charge is -2.24. The van der Waals surface area contributed by atoms with Crippen molar-refractivity contribution in [3.05, 3.63) is 5.28 Å². The van der Waals surface area contributed by atoms with Crippen molar-refractivity contribution >= 4 is 17.5 Å². The minimum atomic E-state index is -0.00967. The minimum Gasteiger partial charge on any atom is -0.461 e. The Bertz CT molecular complexity index is 429. The molecule has 0 radical (unpaired) electrons. The summed E-state index contributed by atoms with van der Waals surface area (Å²) in [5.41, 5.74) is 0. The largest absolute Gasteiger partial charge is 0.461 e. The number of rotatable bonds is 8. The second-order valence-electron chi connectivity index (χ2n) is 6.11. The molecule has 0 aromatic carbocycles. The van der Waals surface area contributed by atoms with E-state index in [9.17, 15) is 0 Å². The van der Waals surface area contributed by atoms with E-state index in [0.29, 0.717) is 11.9 Å². The Hall–Kier alpha value is -1.14. The molecule has 0 fully saturated rings. The molecule has 7 heteroatoms. The van der Waals surface area contributed by atoms with Gasteiger partial charge in [0.2, 0.25) is 11.2 Å². The number of hydrogen-bond donors (Lipinski definition) is 1. The zero-order chi connectivity index (χ0) is 16.0. The lowest BCUT2D eigenvalue weighted by Crippen LogP contribution is -2.34. The lowest BCUT2D eigenvalue weighted by atomic mass is 10.0. The van der Waals surface area contributed by atoms with E-state index < -0.39 is 0 Å². The van der Waals surface area contributed by atoms with Crippen LogP contribution in [0.25, 0.3) is 0 Å². The third-order valence-corrected chi connectivity index (χ3v) is 2.77. The van der Waals surface area contributed by atoms with Gasteiger partial charge < -0.3 is 15.0 Å². The third kappa shape index (κ3) is 7.43. The predicted molar refractivity (Wildman–Crippen MR) is 86.0 cm³/mol. The van der Waals surface area contributed by atoms with Crippen LogP contribution in [0, 0.1) is 5.92 Å². The van der Waals surface area contributed by atoms with Gasteiger partial charge in [-0.25, -0.2) is 0 Å². The Kier molecular flexibility index (Phi) is 7.11. The van der Waals surface area contributed by atoms with E-state index in [4.69, 9.17) is 16.3 Å². The van der Waals surface area contributed by atoms with Crippen LogP contribution < -0.4 is 10.1 Å². The van der Waals surface area contributed by atoms with E-state index in [-0.39, 0.29) is 23.4 Å². The molecule has 1 atom stereocenters. The second kappa shape index (κ2) is 8.34. The maximum absolute atomic E-state index is 5.94. The van der Waals surface area contributed by atoms with Gasteiger partial charge in [0.05, 0.1) is 6.10 Å². The van der Waals surface area contributed by atoms with Crippen molar-refractivity contribution < 1.29 is 4.74 Å². The fourth-order valence-corrected chi connectivity index (χ4v) is 2.18. The summed E-state index contributed by atoms with van der Waals surface area (Å²) in [5, 5.41) is 3.46. The van der Waals surface area contributed by atoms with Crippen LogP contribution in [-0.2, 0) is 0 Å². The molecule has 1 aromatic rings. The first-order valence-electron chi connectivity index (χ1n) is 7.25.